The highest BCUT2D eigenvalue weighted by atomic mass is 16.5. The molecule has 0 spiro atoms. The van der Waals surface area contributed by atoms with Gasteiger partial charge in [-0.2, -0.15) is 5.10 Å². The molecule has 2 aromatic rings. The molecule has 118 valence electrons. The van der Waals surface area contributed by atoms with Gasteiger partial charge in [-0.3, -0.25) is 9.48 Å². The van der Waals surface area contributed by atoms with E-state index in [1.165, 1.54) is 6.26 Å². The summed E-state index contributed by atoms with van der Waals surface area (Å²) in [5, 5.41) is 10.9. The van der Waals surface area contributed by atoms with Crippen LogP contribution < -0.4 is 5.32 Å². The van der Waals surface area contributed by atoms with Crippen LogP contribution in [0.25, 0.3) is 0 Å². The van der Waals surface area contributed by atoms with Gasteiger partial charge in [0, 0.05) is 38.4 Å². The number of nitrogens with one attached hydrogen (secondary N) is 1. The zero-order valence-corrected chi connectivity index (χ0v) is 12.6. The fraction of sp³-hybridized carbons (Fsp3) is 0.533. The highest BCUT2D eigenvalue weighted by Gasteiger charge is 2.29. The van der Waals surface area contributed by atoms with Crippen molar-refractivity contribution in [2.24, 2.45) is 13.0 Å². The molecular weight excluding hydrogens is 284 g/mol. The van der Waals surface area contributed by atoms with Gasteiger partial charge in [-0.25, -0.2) is 0 Å². The molecule has 1 fully saturated rings. The van der Waals surface area contributed by atoms with E-state index in [-0.39, 0.29) is 24.3 Å². The summed E-state index contributed by atoms with van der Waals surface area (Å²) in [7, 11) is 1.91. The van der Waals surface area contributed by atoms with E-state index in [0.717, 1.165) is 25.1 Å². The molecule has 3 heterocycles. The van der Waals surface area contributed by atoms with E-state index in [2.05, 4.69) is 15.6 Å². The quantitative estimate of drug-likeness (QED) is 0.898. The molecule has 0 radical (unpaired) electrons. The summed E-state index contributed by atoms with van der Waals surface area (Å²) in [5.41, 5.74) is 1.69. The first kappa shape index (κ1) is 14.8. The second kappa shape index (κ2) is 6.74. The van der Waals surface area contributed by atoms with Crippen LogP contribution in [0.2, 0.25) is 0 Å². The number of carbonyl (C=O) groups is 1. The third kappa shape index (κ3) is 3.36. The number of nitrogens with zero attached hydrogens (tertiary/aromatic N) is 3. The molecular formula is C15H20N4O3. The third-order valence-corrected chi connectivity index (χ3v) is 3.99. The maximum Gasteiger partial charge on any atom is 0.226 e. The Labute approximate surface area is 128 Å². The monoisotopic (exact) mass is 304 g/mol. The second-order valence-corrected chi connectivity index (χ2v) is 5.55. The lowest BCUT2D eigenvalue weighted by atomic mass is 9.92. The molecule has 0 aliphatic carbocycles. The molecule has 1 N–H and O–H groups in total. The average Bonchev–Trinajstić information content (AvgIpc) is 3.17. The van der Waals surface area contributed by atoms with E-state index in [9.17, 15) is 4.79 Å². The van der Waals surface area contributed by atoms with E-state index in [1.807, 2.05) is 17.8 Å². The summed E-state index contributed by atoms with van der Waals surface area (Å²) in [4.78, 5) is 12.0. The van der Waals surface area contributed by atoms with E-state index in [4.69, 9.17) is 9.26 Å². The molecule has 0 bridgehead atoms. The standard InChI is InChI=1S/C15H20N4O3/c1-19-13(4-6-17-19)15-11(3-2-7-21-15)10-16-14(20)9-12-5-8-22-18-12/h4-6,8,11,15H,2-3,7,9-10H2,1H3,(H,16,20)/t11-,15+/m0/s1. The lowest BCUT2D eigenvalue weighted by molar-refractivity contribution is -0.121. The summed E-state index contributed by atoms with van der Waals surface area (Å²) in [6, 6.07) is 3.67. The minimum Gasteiger partial charge on any atom is -0.372 e. The molecule has 1 amide bonds. The predicted octanol–water partition coefficient (Wildman–Crippen LogP) is 1.23. The van der Waals surface area contributed by atoms with Crippen LogP contribution in [0.15, 0.2) is 29.1 Å². The second-order valence-electron chi connectivity index (χ2n) is 5.55. The number of amides is 1. The van der Waals surface area contributed by atoms with Gasteiger partial charge in [0.05, 0.1) is 17.8 Å². The molecule has 1 aliphatic rings. The van der Waals surface area contributed by atoms with Crippen molar-refractivity contribution in [3.05, 3.63) is 36.0 Å². The van der Waals surface area contributed by atoms with Gasteiger partial charge in [-0.05, 0) is 18.9 Å². The minimum atomic E-state index is -0.0526. The number of hydrogen-bond donors (Lipinski definition) is 1. The summed E-state index contributed by atoms with van der Waals surface area (Å²) < 4.78 is 12.5. The van der Waals surface area contributed by atoms with Crippen molar-refractivity contribution in [2.45, 2.75) is 25.4 Å². The number of carbonyl (C=O) groups excluding carboxylic acids is 1. The van der Waals surface area contributed by atoms with Crippen LogP contribution in [-0.4, -0.2) is 34.0 Å². The van der Waals surface area contributed by atoms with Crippen LogP contribution in [0, 0.1) is 5.92 Å². The van der Waals surface area contributed by atoms with Crippen molar-refractivity contribution in [2.75, 3.05) is 13.2 Å². The molecule has 1 aliphatic heterocycles. The number of aromatic nitrogens is 3. The summed E-state index contributed by atoms with van der Waals surface area (Å²) in [5.74, 6) is 0.202. The molecule has 0 saturated carbocycles. The minimum absolute atomic E-state index is 0.0198. The zero-order chi connectivity index (χ0) is 15.4. The fourth-order valence-corrected chi connectivity index (χ4v) is 2.84. The number of hydrogen-bond acceptors (Lipinski definition) is 5. The Morgan fingerprint density at radius 1 is 1.50 bits per heavy atom. The molecule has 2 aromatic heterocycles. The van der Waals surface area contributed by atoms with E-state index in [0.29, 0.717) is 12.2 Å². The Bertz CT molecular complexity index is 608. The van der Waals surface area contributed by atoms with E-state index < -0.39 is 0 Å². The molecule has 22 heavy (non-hydrogen) atoms. The summed E-state index contributed by atoms with van der Waals surface area (Å²) >= 11 is 0. The van der Waals surface area contributed by atoms with Crippen molar-refractivity contribution in [3.8, 4) is 0 Å². The molecule has 3 rings (SSSR count). The number of ether oxygens (including phenoxy) is 1. The smallest absolute Gasteiger partial charge is 0.226 e. The molecule has 2 atom stereocenters. The summed E-state index contributed by atoms with van der Waals surface area (Å²) in [6.45, 7) is 1.34. The van der Waals surface area contributed by atoms with Crippen molar-refractivity contribution >= 4 is 5.91 Å². The van der Waals surface area contributed by atoms with Gasteiger partial charge < -0.3 is 14.6 Å². The Balaban J connectivity index is 1.57. The Hall–Kier alpha value is -2.15. The first-order valence-electron chi connectivity index (χ1n) is 7.49. The Morgan fingerprint density at radius 2 is 2.41 bits per heavy atom. The topological polar surface area (TPSA) is 82.2 Å². The zero-order valence-electron chi connectivity index (χ0n) is 12.6. The van der Waals surface area contributed by atoms with Crippen molar-refractivity contribution in [1.82, 2.24) is 20.3 Å². The first-order chi connectivity index (χ1) is 10.7. The van der Waals surface area contributed by atoms with Gasteiger partial charge in [-0.1, -0.05) is 5.16 Å². The number of rotatable bonds is 5. The molecule has 1 saturated heterocycles. The van der Waals surface area contributed by atoms with Crippen molar-refractivity contribution in [3.63, 3.8) is 0 Å². The van der Waals surface area contributed by atoms with Gasteiger partial charge >= 0.3 is 0 Å². The Morgan fingerprint density at radius 3 is 3.14 bits per heavy atom. The third-order valence-electron chi connectivity index (χ3n) is 3.99. The molecule has 0 unspecified atom stereocenters. The highest BCUT2D eigenvalue weighted by molar-refractivity contribution is 5.77. The van der Waals surface area contributed by atoms with Crippen LogP contribution in [0.4, 0.5) is 0 Å². The van der Waals surface area contributed by atoms with Gasteiger partial charge in [0.2, 0.25) is 5.91 Å². The van der Waals surface area contributed by atoms with E-state index in [1.54, 1.807) is 12.3 Å². The van der Waals surface area contributed by atoms with Crippen LogP contribution in [0.1, 0.15) is 30.3 Å². The Kier molecular flexibility index (Phi) is 4.53. The highest BCUT2D eigenvalue weighted by Crippen LogP contribution is 2.32. The van der Waals surface area contributed by atoms with Gasteiger partial charge in [0.15, 0.2) is 0 Å². The fourth-order valence-electron chi connectivity index (χ4n) is 2.84. The predicted molar refractivity (Wildman–Crippen MR) is 77.8 cm³/mol. The van der Waals surface area contributed by atoms with Crippen LogP contribution in [0.5, 0.6) is 0 Å². The van der Waals surface area contributed by atoms with Gasteiger partial charge in [0.1, 0.15) is 12.4 Å². The van der Waals surface area contributed by atoms with Crippen molar-refractivity contribution in [1.29, 1.82) is 0 Å². The van der Waals surface area contributed by atoms with E-state index >= 15 is 0 Å². The molecule has 7 nitrogen and oxygen atoms in total. The van der Waals surface area contributed by atoms with Crippen LogP contribution in [0.3, 0.4) is 0 Å². The number of aryl methyl sites for hydroxylation is 1. The van der Waals surface area contributed by atoms with Gasteiger partial charge in [0.25, 0.3) is 0 Å². The van der Waals surface area contributed by atoms with Gasteiger partial charge in [-0.15, -0.1) is 0 Å². The van der Waals surface area contributed by atoms with Crippen LogP contribution >= 0.6 is 0 Å². The molecule has 7 heteroatoms. The average molecular weight is 304 g/mol. The SMILES string of the molecule is Cn1nccc1[C@@H]1OCCC[C@H]1CNC(=O)Cc1ccon1. The lowest BCUT2D eigenvalue weighted by Gasteiger charge is -2.31. The largest absolute Gasteiger partial charge is 0.372 e. The normalized spacial score (nSPS) is 21.7. The lowest BCUT2D eigenvalue weighted by Crippen LogP contribution is -2.36. The van der Waals surface area contributed by atoms with Crippen molar-refractivity contribution < 1.29 is 14.1 Å². The van der Waals surface area contributed by atoms with Crippen LogP contribution in [-0.2, 0) is 23.0 Å². The maximum atomic E-state index is 12.0. The molecule has 0 aromatic carbocycles. The first-order valence-corrected chi connectivity index (χ1v) is 7.49. The maximum absolute atomic E-state index is 12.0. The summed E-state index contributed by atoms with van der Waals surface area (Å²) in [6.07, 6.45) is 5.50.